The van der Waals surface area contributed by atoms with Crippen LogP contribution in [0, 0.1) is 0 Å². The first-order valence-corrected chi connectivity index (χ1v) is 8.09. The Labute approximate surface area is 129 Å². The molecule has 0 saturated carbocycles. The van der Waals surface area contributed by atoms with Gasteiger partial charge in [-0.2, -0.15) is 0 Å². The number of rotatable bonds is 5. The van der Waals surface area contributed by atoms with Gasteiger partial charge < -0.3 is 9.73 Å². The van der Waals surface area contributed by atoms with Gasteiger partial charge in [-0.05, 0) is 44.5 Å². The maximum atomic E-state index is 5.92. The predicted molar refractivity (Wildman–Crippen MR) is 88.5 cm³/mol. The molecule has 1 N–H and O–H groups in total. The molecule has 110 valence electrons. The minimum atomic E-state index is 0.128. The Morgan fingerprint density at radius 1 is 1.19 bits per heavy atom. The van der Waals surface area contributed by atoms with E-state index in [1.54, 1.807) is 11.3 Å². The maximum Gasteiger partial charge on any atom is 0.163 e. The highest BCUT2D eigenvalue weighted by Gasteiger charge is 2.15. The molecule has 0 aliphatic carbocycles. The molecule has 2 heterocycles. The predicted octanol–water partition coefficient (Wildman–Crippen LogP) is 4.83. The second-order valence-corrected chi connectivity index (χ2v) is 6.87. The summed E-state index contributed by atoms with van der Waals surface area (Å²) in [5.41, 5.74) is 1.16. The molecule has 3 nitrogen and oxygen atoms in total. The summed E-state index contributed by atoms with van der Waals surface area (Å²) in [5, 5.41) is 4.45. The highest BCUT2D eigenvalue weighted by molar-refractivity contribution is 7.21. The van der Waals surface area contributed by atoms with Crippen molar-refractivity contribution in [3.05, 3.63) is 42.2 Å². The number of thiazole rings is 1. The lowest BCUT2D eigenvalue weighted by molar-refractivity contribution is 0.353. The van der Waals surface area contributed by atoms with Crippen LogP contribution in [-0.4, -0.2) is 10.5 Å². The fourth-order valence-electron chi connectivity index (χ4n) is 2.02. The molecular formula is C17H20N2OS. The van der Waals surface area contributed by atoms with Crippen molar-refractivity contribution in [2.24, 2.45) is 0 Å². The molecule has 2 aromatic heterocycles. The van der Waals surface area contributed by atoms with Gasteiger partial charge in [0.05, 0.1) is 16.8 Å². The Kier molecular flexibility index (Phi) is 3.83. The third kappa shape index (κ3) is 3.17. The highest BCUT2D eigenvalue weighted by atomic mass is 32.1. The molecule has 0 aliphatic heterocycles. The summed E-state index contributed by atoms with van der Waals surface area (Å²) in [6.45, 7) is 7.32. The van der Waals surface area contributed by atoms with Crippen LogP contribution >= 0.6 is 11.3 Å². The van der Waals surface area contributed by atoms with Crippen LogP contribution in [0.5, 0.6) is 0 Å². The number of nitrogens with zero attached hydrogens (tertiary/aromatic N) is 1. The zero-order valence-electron chi connectivity index (χ0n) is 12.6. The molecule has 0 bridgehead atoms. The van der Waals surface area contributed by atoms with Gasteiger partial charge in [-0.1, -0.05) is 19.1 Å². The number of para-hydroxylation sites is 1. The average molecular weight is 300 g/mol. The van der Waals surface area contributed by atoms with Gasteiger partial charge in [-0.3, -0.25) is 0 Å². The van der Waals surface area contributed by atoms with Gasteiger partial charge in [0.25, 0.3) is 0 Å². The monoisotopic (exact) mass is 300 g/mol. The smallest absolute Gasteiger partial charge is 0.163 e. The quantitative estimate of drug-likeness (QED) is 0.733. The summed E-state index contributed by atoms with van der Waals surface area (Å²) >= 11 is 1.67. The first kappa shape index (κ1) is 14.3. The van der Waals surface area contributed by atoms with Crippen LogP contribution in [0.25, 0.3) is 21.0 Å². The molecule has 3 rings (SSSR count). The van der Waals surface area contributed by atoms with E-state index in [9.17, 15) is 0 Å². The molecule has 0 radical (unpaired) electrons. The Balaban J connectivity index is 1.78. The Hall–Kier alpha value is -1.65. The molecule has 0 spiro atoms. The fourth-order valence-corrected chi connectivity index (χ4v) is 2.94. The van der Waals surface area contributed by atoms with Crippen molar-refractivity contribution < 1.29 is 4.42 Å². The van der Waals surface area contributed by atoms with Crippen LogP contribution in [-0.2, 0) is 6.54 Å². The van der Waals surface area contributed by atoms with Crippen LogP contribution in [0.15, 0.2) is 40.8 Å². The zero-order valence-corrected chi connectivity index (χ0v) is 13.5. The van der Waals surface area contributed by atoms with Crippen LogP contribution in [0.1, 0.15) is 33.0 Å². The highest BCUT2D eigenvalue weighted by Crippen LogP contribution is 2.31. The number of aromatic nitrogens is 1. The molecular weight excluding hydrogens is 280 g/mol. The van der Waals surface area contributed by atoms with E-state index in [0.29, 0.717) is 0 Å². The maximum absolute atomic E-state index is 5.92. The van der Waals surface area contributed by atoms with Crippen LogP contribution in [0.3, 0.4) is 0 Å². The Morgan fingerprint density at radius 2 is 2.00 bits per heavy atom. The molecule has 0 fully saturated rings. The van der Waals surface area contributed by atoms with Crippen LogP contribution in [0.4, 0.5) is 0 Å². The Morgan fingerprint density at radius 3 is 2.76 bits per heavy atom. The number of fused-ring (bicyclic) bond motifs is 1. The molecule has 1 aromatic carbocycles. The second kappa shape index (κ2) is 5.62. The van der Waals surface area contributed by atoms with E-state index in [2.05, 4.69) is 37.1 Å². The summed E-state index contributed by atoms with van der Waals surface area (Å²) in [5.74, 6) is 1.80. The van der Waals surface area contributed by atoms with E-state index >= 15 is 0 Å². The summed E-state index contributed by atoms with van der Waals surface area (Å²) < 4.78 is 7.12. The minimum absolute atomic E-state index is 0.128. The lowest BCUT2D eigenvalue weighted by atomic mass is 10.0. The van der Waals surface area contributed by atoms with Gasteiger partial charge in [0.2, 0.25) is 0 Å². The number of benzene rings is 1. The zero-order chi connectivity index (χ0) is 14.9. The van der Waals surface area contributed by atoms with Crippen molar-refractivity contribution in [3.63, 3.8) is 0 Å². The van der Waals surface area contributed by atoms with E-state index in [0.717, 1.165) is 35.0 Å². The van der Waals surface area contributed by atoms with Crippen molar-refractivity contribution in [1.29, 1.82) is 0 Å². The lowest BCUT2D eigenvalue weighted by Crippen LogP contribution is -2.37. The average Bonchev–Trinajstić information content (AvgIpc) is 3.11. The van der Waals surface area contributed by atoms with Gasteiger partial charge >= 0.3 is 0 Å². The van der Waals surface area contributed by atoms with E-state index in [4.69, 9.17) is 4.42 Å². The molecule has 21 heavy (non-hydrogen) atoms. The van der Waals surface area contributed by atoms with Crippen LogP contribution < -0.4 is 5.32 Å². The topological polar surface area (TPSA) is 38.1 Å². The molecule has 0 aliphatic rings. The summed E-state index contributed by atoms with van der Waals surface area (Å²) in [6.07, 6.45) is 1.08. The summed E-state index contributed by atoms with van der Waals surface area (Å²) in [6, 6.07) is 12.2. The molecule has 0 amide bonds. The fraction of sp³-hybridized carbons (Fsp3) is 0.353. The van der Waals surface area contributed by atoms with Gasteiger partial charge in [-0.15, -0.1) is 11.3 Å². The summed E-state index contributed by atoms with van der Waals surface area (Å²) in [7, 11) is 0. The number of nitrogens with one attached hydrogen (secondary N) is 1. The number of hydrogen-bond acceptors (Lipinski definition) is 4. The van der Waals surface area contributed by atoms with Gasteiger partial charge in [0, 0.05) is 5.54 Å². The van der Waals surface area contributed by atoms with E-state index in [1.165, 1.54) is 4.70 Å². The number of hydrogen-bond donors (Lipinski definition) is 1. The van der Waals surface area contributed by atoms with Crippen molar-refractivity contribution >= 4 is 21.6 Å². The Bertz CT molecular complexity index is 709. The third-order valence-electron chi connectivity index (χ3n) is 3.79. The van der Waals surface area contributed by atoms with E-state index in [1.807, 2.05) is 30.3 Å². The van der Waals surface area contributed by atoms with Crippen molar-refractivity contribution in [2.75, 3.05) is 0 Å². The van der Waals surface area contributed by atoms with Crippen molar-refractivity contribution in [1.82, 2.24) is 10.3 Å². The van der Waals surface area contributed by atoms with Crippen molar-refractivity contribution in [2.45, 2.75) is 39.3 Å². The van der Waals surface area contributed by atoms with E-state index in [-0.39, 0.29) is 5.54 Å². The van der Waals surface area contributed by atoms with Crippen molar-refractivity contribution in [3.8, 4) is 10.8 Å². The molecule has 0 atom stereocenters. The molecule has 0 unspecified atom stereocenters. The third-order valence-corrected chi connectivity index (χ3v) is 4.84. The molecule has 4 heteroatoms. The molecule has 3 aromatic rings. The SMILES string of the molecule is CCC(C)(C)NCc1ccc(-c2nc3ccccc3s2)o1. The van der Waals surface area contributed by atoms with E-state index < -0.39 is 0 Å². The lowest BCUT2D eigenvalue weighted by Gasteiger charge is -2.23. The van der Waals surface area contributed by atoms with Gasteiger partial charge in [0.1, 0.15) is 5.76 Å². The van der Waals surface area contributed by atoms with Crippen LogP contribution in [0.2, 0.25) is 0 Å². The summed E-state index contributed by atoms with van der Waals surface area (Å²) in [4.78, 5) is 4.63. The van der Waals surface area contributed by atoms with Gasteiger partial charge in [0.15, 0.2) is 10.8 Å². The number of furan rings is 1. The first-order valence-electron chi connectivity index (χ1n) is 7.27. The standard InChI is InChI=1S/C17H20N2OS/c1-4-17(2,3)18-11-12-9-10-14(20-12)16-19-13-7-5-6-8-15(13)21-16/h5-10,18H,4,11H2,1-3H3. The minimum Gasteiger partial charge on any atom is -0.457 e. The van der Waals surface area contributed by atoms with Gasteiger partial charge in [-0.25, -0.2) is 4.98 Å². The first-order chi connectivity index (χ1) is 10.1. The molecule has 0 saturated heterocycles. The second-order valence-electron chi connectivity index (χ2n) is 5.84. The largest absolute Gasteiger partial charge is 0.457 e. The normalized spacial score (nSPS) is 12.1.